The molecule has 2 fully saturated rings. The van der Waals surface area contributed by atoms with E-state index in [1.54, 1.807) is 0 Å². The summed E-state index contributed by atoms with van der Waals surface area (Å²) in [6, 6.07) is 7.44. The third-order valence-electron chi connectivity index (χ3n) is 5.39. The van der Waals surface area contributed by atoms with Gasteiger partial charge in [0.1, 0.15) is 0 Å². The van der Waals surface area contributed by atoms with Crippen molar-refractivity contribution in [2.75, 3.05) is 18.4 Å². The van der Waals surface area contributed by atoms with Crippen LogP contribution in [0.1, 0.15) is 33.1 Å². The lowest BCUT2D eigenvalue weighted by Crippen LogP contribution is -2.43. The van der Waals surface area contributed by atoms with E-state index in [0.29, 0.717) is 13.1 Å². The van der Waals surface area contributed by atoms with Crippen LogP contribution in [-0.4, -0.2) is 46.1 Å². The minimum Gasteiger partial charge on any atom is -0.481 e. The van der Waals surface area contributed by atoms with Crippen molar-refractivity contribution in [2.24, 2.45) is 11.3 Å². The van der Waals surface area contributed by atoms with Crippen LogP contribution in [-0.2, 0) is 14.4 Å². The Labute approximate surface area is 157 Å². The lowest BCUT2D eigenvalue weighted by Gasteiger charge is -2.34. The minimum absolute atomic E-state index is 0.0570. The van der Waals surface area contributed by atoms with Crippen molar-refractivity contribution in [3.63, 3.8) is 0 Å². The molecule has 0 bridgehead atoms. The van der Waals surface area contributed by atoms with Gasteiger partial charge in [0.05, 0.1) is 11.2 Å². The molecule has 1 heterocycles. The molecule has 2 amide bonds. The number of rotatable bonds is 5. The molecule has 2 unspecified atom stereocenters. The maximum atomic E-state index is 12.7. The van der Waals surface area contributed by atoms with Crippen molar-refractivity contribution in [1.29, 1.82) is 0 Å². The van der Waals surface area contributed by atoms with Gasteiger partial charge in [-0.05, 0) is 55.9 Å². The van der Waals surface area contributed by atoms with Gasteiger partial charge in [-0.2, -0.15) is 0 Å². The number of hydrogen-bond donors (Lipinski definition) is 2. The lowest BCUT2D eigenvalue weighted by molar-refractivity contribution is -0.139. The van der Waals surface area contributed by atoms with Gasteiger partial charge in [-0.15, -0.1) is 11.8 Å². The number of amides is 2. The number of carbonyl (C=O) groups excluding carboxylic acids is 2. The zero-order valence-electron chi connectivity index (χ0n) is 15.0. The number of nitrogens with one attached hydrogen (secondary N) is 1. The molecule has 1 aromatic carbocycles. The molecular weight excluding hydrogens is 352 g/mol. The maximum absolute atomic E-state index is 12.7. The van der Waals surface area contributed by atoms with Crippen molar-refractivity contribution < 1.29 is 19.5 Å². The number of piperidine rings is 1. The molecule has 2 atom stereocenters. The van der Waals surface area contributed by atoms with Crippen molar-refractivity contribution >= 4 is 35.2 Å². The number of hydrogen-bond acceptors (Lipinski definition) is 4. The predicted molar refractivity (Wildman–Crippen MR) is 100 cm³/mol. The molecule has 2 N–H and O–H groups in total. The van der Waals surface area contributed by atoms with E-state index in [9.17, 15) is 14.4 Å². The first kappa shape index (κ1) is 18.8. The molecule has 26 heavy (non-hydrogen) atoms. The van der Waals surface area contributed by atoms with E-state index in [2.05, 4.69) is 5.32 Å². The van der Waals surface area contributed by atoms with Crippen LogP contribution in [0.25, 0.3) is 0 Å². The van der Waals surface area contributed by atoms with Crippen LogP contribution in [0.3, 0.4) is 0 Å². The fraction of sp³-hybridized carbons (Fsp3) is 0.526. The number of carboxylic acids is 1. The molecule has 1 aliphatic carbocycles. The lowest BCUT2D eigenvalue weighted by atomic mass is 9.90. The number of benzene rings is 1. The standard InChI is InChI=1S/C19H24N2O4S/c1-12(26-15-5-3-14(4-6-15)20-13(2)22)17(23)21-9-7-19(8-10-21)11-16(19)18(24)25/h3-6,12,16H,7-11H2,1-2H3,(H,20,22)(H,24,25). The second-order valence-corrected chi connectivity index (χ2v) is 8.66. The molecule has 6 nitrogen and oxygen atoms in total. The number of thioether (sulfide) groups is 1. The van der Waals surface area contributed by atoms with Crippen LogP contribution < -0.4 is 5.32 Å². The Morgan fingerprint density at radius 1 is 1.23 bits per heavy atom. The molecule has 1 aromatic rings. The van der Waals surface area contributed by atoms with Gasteiger partial charge in [0.15, 0.2) is 0 Å². The van der Waals surface area contributed by atoms with E-state index in [1.165, 1.54) is 18.7 Å². The Kier molecular flexibility index (Phi) is 5.27. The van der Waals surface area contributed by atoms with Gasteiger partial charge in [-0.25, -0.2) is 0 Å². The molecule has 1 saturated carbocycles. The Morgan fingerprint density at radius 3 is 2.35 bits per heavy atom. The first-order chi connectivity index (χ1) is 12.3. The molecule has 1 saturated heterocycles. The molecule has 0 aromatic heterocycles. The van der Waals surface area contributed by atoms with E-state index >= 15 is 0 Å². The smallest absolute Gasteiger partial charge is 0.307 e. The highest BCUT2D eigenvalue weighted by atomic mass is 32.2. The molecular formula is C19H24N2O4S. The van der Waals surface area contributed by atoms with E-state index in [4.69, 9.17) is 5.11 Å². The summed E-state index contributed by atoms with van der Waals surface area (Å²) in [5.41, 5.74) is 0.679. The second-order valence-electron chi connectivity index (χ2n) is 7.25. The predicted octanol–water partition coefficient (Wildman–Crippen LogP) is 2.84. The zero-order valence-corrected chi connectivity index (χ0v) is 15.8. The Morgan fingerprint density at radius 2 is 1.85 bits per heavy atom. The summed E-state index contributed by atoms with van der Waals surface area (Å²) in [5, 5.41) is 11.7. The number of carbonyl (C=O) groups is 3. The molecule has 1 spiro atoms. The summed E-state index contributed by atoms with van der Waals surface area (Å²) in [5.74, 6) is -0.925. The van der Waals surface area contributed by atoms with Crippen LogP contribution in [0.2, 0.25) is 0 Å². The third-order valence-corrected chi connectivity index (χ3v) is 6.49. The van der Waals surface area contributed by atoms with Gasteiger partial charge in [-0.1, -0.05) is 0 Å². The van der Waals surface area contributed by atoms with Crippen LogP contribution in [0.5, 0.6) is 0 Å². The highest BCUT2D eigenvalue weighted by molar-refractivity contribution is 8.00. The normalized spacial score (nSPS) is 21.9. The molecule has 3 rings (SSSR count). The minimum atomic E-state index is -0.698. The molecule has 1 aliphatic heterocycles. The van der Waals surface area contributed by atoms with Gasteiger partial charge < -0.3 is 15.3 Å². The van der Waals surface area contributed by atoms with Crippen LogP contribution >= 0.6 is 11.8 Å². The molecule has 7 heteroatoms. The Balaban J connectivity index is 1.51. The van der Waals surface area contributed by atoms with Crippen molar-refractivity contribution in [3.05, 3.63) is 24.3 Å². The largest absolute Gasteiger partial charge is 0.481 e. The maximum Gasteiger partial charge on any atom is 0.307 e. The number of anilines is 1. The van der Waals surface area contributed by atoms with E-state index < -0.39 is 5.97 Å². The highest BCUT2D eigenvalue weighted by Gasteiger charge is 2.59. The van der Waals surface area contributed by atoms with Crippen LogP contribution in [0, 0.1) is 11.3 Å². The average Bonchev–Trinajstić information content (AvgIpc) is 3.30. The van der Waals surface area contributed by atoms with E-state index in [-0.39, 0.29) is 28.4 Å². The van der Waals surface area contributed by atoms with Crippen LogP contribution in [0.15, 0.2) is 29.2 Å². The first-order valence-corrected chi connectivity index (χ1v) is 9.75. The topological polar surface area (TPSA) is 86.7 Å². The van der Waals surface area contributed by atoms with Crippen molar-refractivity contribution in [1.82, 2.24) is 4.90 Å². The van der Waals surface area contributed by atoms with Crippen molar-refractivity contribution in [3.8, 4) is 0 Å². The van der Waals surface area contributed by atoms with Gasteiger partial charge in [-0.3, -0.25) is 14.4 Å². The summed E-state index contributed by atoms with van der Waals surface area (Å²) in [6.45, 7) is 4.66. The second kappa shape index (κ2) is 7.31. The fourth-order valence-corrected chi connectivity index (χ4v) is 4.70. The van der Waals surface area contributed by atoms with E-state index in [1.807, 2.05) is 36.1 Å². The van der Waals surface area contributed by atoms with Gasteiger partial charge in [0, 0.05) is 30.6 Å². The van der Waals surface area contributed by atoms with E-state index in [0.717, 1.165) is 29.8 Å². The number of nitrogens with zero attached hydrogens (tertiary/aromatic N) is 1. The number of likely N-dealkylation sites (tertiary alicyclic amines) is 1. The fourth-order valence-electron chi connectivity index (χ4n) is 3.75. The summed E-state index contributed by atoms with van der Waals surface area (Å²) in [6.07, 6.45) is 2.34. The molecule has 0 radical (unpaired) electrons. The quantitative estimate of drug-likeness (QED) is 0.772. The zero-order chi connectivity index (χ0) is 18.9. The highest BCUT2D eigenvalue weighted by Crippen LogP contribution is 2.59. The number of aliphatic carboxylic acids is 1. The summed E-state index contributed by atoms with van der Waals surface area (Å²) < 4.78 is 0. The Bertz CT molecular complexity index is 711. The van der Waals surface area contributed by atoms with Crippen LogP contribution in [0.4, 0.5) is 5.69 Å². The van der Waals surface area contributed by atoms with Gasteiger partial charge in [0.25, 0.3) is 0 Å². The first-order valence-electron chi connectivity index (χ1n) is 8.87. The number of carboxylic acid groups (broad SMARTS) is 1. The van der Waals surface area contributed by atoms with Gasteiger partial charge >= 0.3 is 5.97 Å². The third kappa shape index (κ3) is 4.03. The molecule has 2 aliphatic rings. The summed E-state index contributed by atoms with van der Waals surface area (Å²) in [4.78, 5) is 37.7. The van der Waals surface area contributed by atoms with Crippen molar-refractivity contribution in [2.45, 2.75) is 43.3 Å². The SMILES string of the molecule is CC(=O)Nc1ccc(SC(C)C(=O)N2CCC3(CC2)CC3C(=O)O)cc1. The monoisotopic (exact) mass is 376 g/mol. The summed E-state index contributed by atoms with van der Waals surface area (Å²) in [7, 11) is 0. The van der Waals surface area contributed by atoms with Gasteiger partial charge in [0.2, 0.25) is 11.8 Å². The summed E-state index contributed by atoms with van der Waals surface area (Å²) >= 11 is 1.50. The molecule has 140 valence electrons. The average molecular weight is 376 g/mol. The Hall–Kier alpha value is -2.02.